The maximum Gasteiger partial charge on any atom is 0.293 e. The Morgan fingerprint density at radius 1 is 1.50 bits per heavy atom. The van der Waals surface area contributed by atoms with E-state index < -0.39 is 4.92 Å². The number of hydrogen-bond acceptors (Lipinski definition) is 5. The molecule has 0 bridgehead atoms. The van der Waals surface area contributed by atoms with Crippen molar-refractivity contribution in [2.75, 3.05) is 32.6 Å². The van der Waals surface area contributed by atoms with Gasteiger partial charge in [-0.3, -0.25) is 14.9 Å². The molecule has 0 fully saturated rings. The predicted molar refractivity (Wildman–Crippen MR) is 66.9 cm³/mol. The van der Waals surface area contributed by atoms with Gasteiger partial charge in [0, 0.05) is 26.8 Å². The van der Waals surface area contributed by atoms with Gasteiger partial charge >= 0.3 is 0 Å². The molecule has 0 saturated carbocycles. The molecule has 0 aromatic heterocycles. The number of methoxy groups -OCH3 is 1. The summed E-state index contributed by atoms with van der Waals surface area (Å²) in [5.41, 5.74) is 0.317. The van der Waals surface area contributed by atoms with Gasteiger partial charge in [-0.2, -0.15) is 0 Å². The Morgan fingerprint density at radius 3 is 2.78 bits per heavy atom. The second-order valence-corrected chi connectivity index (χ2v) is 3.46. The molecule has 98 valence electrons. The summed E-state index contributed by atoms with van der Waals surface area (Å²) in [6.07, 6.45) is 0. The quantitative estimate of drug-likeness (QED) is 0.448. The normalized spacial score (nSPS) is 9.89. The third kappa shape index (κ3) is 3.17. The van der Waals surface area contributed by atoms with Gasteiger partial charge in [-0.15, -0.1) is 0 Å². The zero-order valence-corrected chi connectivity index (χ0v) is 10.2. The van der Waals surface area contributed by atoms with Crippen LogP contribution in [0, 0.1) is 10.1 Å². The second kappa shape index (κ2) is 6.55. The third-order valence-corrected chi connectivity index (χ3v) is 2.33. The lowest BCUT2D eigenvalue weighted by atomic mass is 10.1. The van der Waals surface area contributed by atoms with Crippen LogP contribution in [0.1, 0.15) is 10.4 Å². The van der Waals surface area contributed by atoms with E-state index in [4.69, 9.17) is 4.74 Å². The minimum atomic E-state index is -0.530. The van der Waals surface area contributed by atoms with E-state index in [-0.39, 0.29) is 22.8 Å². The minimum Gasteiger partial charge on any atom is -0.383 e. The number of anilines is 1. The first kappa shape index (κ1) is 13.9. The first-order valence-corrected chi connectivity index (χ1v) is 5.34. The minimum absolute atomic E-state index is 0.128. The van der Waals surface area contributed by atoms with Gasteiger partial charge < -0.3 is 15.4 Å². The monoisotopic (exact) mass is 253 g/mol. The standard InChI is InChI=1S/C11H15N3O4/c1-12-10-8(11(15)13-6-7-18-2)4-3-5-9(10)14(16)17/h3-5,12H,6-7H2,1-2H3,(H,13,15). The lowest BCUT2D eigenvalue weighted by molar-refractivity contribution is -0.384. The van der Waals surface area contributed by atoms with Crippen LogP contribution in [0.25, 0.3) is 0 Å². The first-order valence-electron chi connectivity index (χ1n) is 5.34. The number of nitrogens with one attached hydrogen (secondary N) is 2. The molecule has 0 saturated heterocycles. The molecule has 0 aliphatic carbocycles. The van der Waals surface area contributed by atoms with Gasteiger partial charge in [-0.1, -0.05) is 6.07 Å². The Labute approximate surface area is 104 Å². The smallest absolute Gasteiger partial charge is 0.293 e. The van der Waals surface area contributed by atoms with E-state index in [2.05, 4.69) is 10.6 Å². The topological polar surface area (TPSA) is 93.5 Å². The largest absolute Gasteiger partial charge is 0.383 e. The highest BCUT2D eigenvalue weighted by atomic mass is 16.6. The van der Waals surface area contributed by atoms with E-state index in [0.29, 0.717) is 13.2 Å². The molecule has 0 unspecified atom stereocenters. The molecule has 0 aliphatic rings. The van der Waals surface area contributed by atoms with Crippen molar-refractivity contribution in [2.24, 2.45) is 0 Å². The third-order valence-electron chi connectivity index (χ3n) is 2.33. The van der Waals surface area contributed by atoms with Crippen molar-refractivity contribution >= 4 is 17.3 Å². The highest BCUT2D eigenvalue weighted by Gasteiger charge is 2.20. The zero-order chi connectivity index (χ0) is 13.5. The number of benzene rings is 1. The number of hydrogen-bond donors (Lipinski definition) is 2. The molecule has 0 atom stereocenters. The van der Waals surface area contributed by atoms with Gasteiger partial charge in [0.1, 0.15) is 5.69 Å². The van der Waals surface area contributed by atoms with Crippen molar-refractivity contribution in [1.29, 1.82) is 0 Å². The summed E-state index contributed by atoms with van der Waals surface area (Å²) in [7, 11) is 3.06. The van der Waals surface area contributed by atoms with Crippen LogP contribution in [0.3, 0.4) is 0 Å². The second-order valence-electron chi connectivity index (χ2n) is 3.46. The van der Waals surface area contributed by atoms with Gasteiger partial charge in [0.05, 0.1) is 17.1 Å². The molecule has 0 spiro atoms. The van der Waals surface area contributed by atoms with Gasteiger partial charge in [0.25, 0.3) is 11.6 Å². The molecule has 0 heterocycles. The van der Waals surface area contributed by atoms with Crippen LogP contribution >= 0.6 is 0 Å². The number of nitrogens with zero attached hydrogens (tertiary/aromatic N) is 1. The molecule has 1 aromatic carbocycles. The van der Waals surface area contributed by atoms with Crippen LogP contribution in [-0.2, 0) is 4.74 Å². The number of amides is 1. The molecular weight excluding hydrogens is 238 g/mol. The van der Waals surface area contributed by atoms with Crippen molar-refractivity contribution in [3.63, 3.8) is 0 Å². The Kier molecular flexibility index (Phi) is 5.06. The zero-order valence-electron chi connectivity index (χ0n) is 10.2. The van der Waals surface area contributed by atoms with E-state index in [1.54, 1.807) is 0 Å². The summed E-state index contributed by atoms with van der Waals surface area (Å²) in [5.74, 6) is -0.375. The summed E-state index contributed by atoms with van der Waals surface area (Å²) in [6.45, 7) is 0.733. The Morgan fingerprint density at radius 2 is 2.22 bits per heavy atom. The van der Waals surface area contributed by atoms with Crippen molar-refractivity contribution in [3.05, 3.63) is 33.9 Å². The van der Waals surface area contributed by atoms with Crippen molar-refractivity contribution in [3.8, 4) is 0 Å². The maximum atomic E-state index is 11.8. The number of rotatable bonds is 6. The fourth-order valence-corrected chi connectivity index (χ4v) is 1.51. The van der Waals surface area contributed by atoms with Crippen LogP contribution in [-0.4, -0.2) is 38.1 Å². The van der Waals surface area contributed by atoms with E-state index in [0.717, 1.165) is 0 Å². The van der Waals surface area contributed by atoms with Crippen LogP contribution < -0.4 is 10.6 Å². The van der Waals surface area contributed by atoms with Gasteiger partial charge in [-0.05, 0) is 6.07 Å². The summed E-state index contributed by atoms with van der Waals surface area (Å²) >= 11 is 0. The molecule has 1 aromatic rings. The first-order chi connectivity index (χ1) is 8.61. The molecule has 7 heteroatoms. The summed E-state index contributed by atoms with van der Waals surface area (Å²) in [6, 6.07) is 4.35. The van der Waals surface area contributed by atoms with Crippen LogP contribution in [0.2, 0.25) is 0 Å². The molecule has 18 heavy (non-hydrogen) atoms. The molecule has 7 nitrogen and oxygen atoms in total. The van der Waals surface area contributed by atoms with Gasteiger partial charge in [0.15, 0.2) is 0 Å². The van der Waals surface area contributed by atoms with Crippen LogP contribution in [0.4, 0.5) is 11.4 Å². The molecule has 1 amide bonds. The molecule has 0 aliphatic heterocycles. The number of nitro benzene ring substituents is 1. The Balaban J connectivity index is 2.97. The van der Waals surface area contributed by atoms with Crippen molar-refractivity contribution < 1.29 is 14.5 Å². The molecule has 2 N–H and O–H groups in total. The van der Waals surface area contributed by atoms with Crippen LogP contribution in [0.15, 0.2) is 18.2 Å². The van der Waals surface area contributed by atoms with E-state index in [1.807, 2.05) is 0 Å². The Bertz CT molecular complexity index is 448. The molecule has 0 radical (unpaired) electrons. The Hall–Kier alpha value is -2.15. The fraction of sp³-hybridized carbons (Fsp3) is 0.364. The number of nitro groups is 1. The maximum absolute atomic E-state index is 11.8. The van der Waals surface area contributed by atoms with Gasteiger partial charge in [0.2, 0.25) is 0 Å². The lowest BCUT2D eigenvalue weighted by Gasteiger charge is -2.09. The summed E-state index contributed by atoms with van der Waals surface area (Å²) in [5, 5.41) is 16.1. The number of carbonyl (C=O) groups excluding carboxylic acids is 1. The van der Waals surface area contributed by atoms with Crippen molar-refractivity contribution in [2.45, 2.75) is 0 Å². The number of carbonyl (C=O) groups is 1. The molecular formula is C11H15N3O4. The average molecular weight is 253 g/mol. The van der Waals surface area contributed by atoms with Crippen molar-refractivity contribution in [1.82, 2.24) is 5.32 Å². The van der Waals surface area contributed by atoms with E-state index in [1.165, 1.54) is 32.4 Å². The highest BCUT2D eigenvalue weighted by molar-refractivity contribution is 6.01. The summed E-state index contributed by atoms with van der Waals surface area (Å²) < 4.78 is 4.81. The van der Waals surface area contributed by atoms with Gasteiger partial charge in [-0.25, -0.2) is 0 Å². The summed E-state index contributed by atoms with van der Waals surface area (Å²) in [4.78, 5) is 22.1. The fourth-order valence-electron chi connectivity index (χ4n) is 1.51. The average Bonchev–Trinajstić information content (AvgIpc) is 2.37. The van der Waals surface area contributed by atoms with E-state index >= 15 is 0 Å². The van der Waals surface area contributed by atoms with Crippen LogP contribution in [0.5, 0.6) is 0 Å². The predicted octanol–water partition coefficient (Wildman–Crippen LogP) is 1.01. The number of ether oxygens (including phenoxy) is 1. The van der Waals surface area contributed by atoms with E-state index in [9.17, 15) is 14.9 Å². The highest BCUT2D eigenvalue weighted by Crippen LogP contribution is 2.27. The SMILES string of the molecule is CNc1c(C(=O)NCCOC)cccc1[N+](=O)[O-]. The molecule has 1 rings (SSSR count). The lowest BCUT2D eigenvalue weighted by Crippen LogP contribution is -2.27. The number of para-hydroxylation sites is 1.